The van der Waals surface area contributed by atoms with Gasteiger partial charge in [0.15, 0.2) is 0 Å². The van der Waals surface area contributed by atoms with Crippen LogP contribution in [0.5, 0.6) is 0 Å². The highest BCUT2D eigenvalue weighted by molar-refractivity contribution is 5.84. The Labute approximate surface area is 103 Å². The first kappa shape index (κ1) is 12.0. The van der Waals surface area contributed by atoms with Gasteiger partial charge in [-0.15, -0.1) is 0 Å². The molecule has 1 aromatic carbocycles. The highest BCUT2D eigenvalue weighted by Gasteiger charge is 2.25. The fraction of sp³-hybridized carbons (Fsp3) is 0.500. The number of hydrogen-bond acceptors (Lipinski definition) is 2. The topological polar surface area (TPSA) is 41.1 Å². The van der Waals surface area contributed by atoms with Gasteiger partial charge in [-0.05, 0) is 43.9 Å². The van der Waals surface area contributed by atoms with Gasteiger partial charge in [0, 0.05) is 11.7 Å². The maximum absolute atomic E-state index is 11.7. The highest BCUT2D eigenvalue weighted by Crippen LogP contribution is 2.19. The standard InChI is InChI=1S/C14H20N2O/c1-3-11-4-6-12(7-5-11)15-10(2)14(17)16-13-8-9-13/h4-7,10,13,15H,3,8-9H2,1-2H3,(H,16,17). The van der Waals surface area contributed by atoms with Crippen molar-refractivity contribution >= 4 is 11.6 Å². The summed E-state index contributed by atoms with van der Waals surface area (Å²) in [6.45, 7) is 4.03. The van der Waals surface area contributed by atoms with E-state index in [1.165, 1.54) is 5.56 Å². The summed E-state index contributed by atoms with van der Waals surface area (Å²) < 4.78 is 0. The summed E-state index contributed by atoms with van der Waals surface area (Å²) in [5.41, 5.74) is 2.31. The third-order valence-electron chi connectivity index (χ3n) is 3.06. The Morgan fingerprint density at radius 3 is 2.53 bits per heavy atom. The van der Waals surface area contributed by atoms with Gasteiger partial charge >= 0.3 is 0 Å². The number of benzene rings is 1. The minimum atomic E-state index is -0.178. The second-order valence-corrected chi connectivity index (χ2v) is 4.70. The molecule has 3 nitrogen and oxygen atoms in total. The molecule has 17 heavy (non-hydrogen) atoms. The van der Waals surface area contributed by atoms with Gasteiger partial charge in [-0.2, -0.15) is 0 Å². The largest absolute Gasteiger partial charge is 0.374 e. The van der Waals surface area contributed by atoms with Crippen LogP contribution in [0.4, 0.5) is 5.69 Å². The first-order chi connectivity index (χ1) is 8.19. The number of aryl methyl sites for hydroxylation is 1. The lowest BCUT2D eigenvalue weighted by Crippen LogP contribution is -2.38. The van der Waals surface area contributed by atoms with Crippen molar-refractivity contribution in [3.8, 4) is 0 Å². The lowest BCUT2D eigenvalue weighted by Gasteiger charge is -2.15. The van der Waals surface area contributed by atoms with Crippen LogP contribution >= 0.6 is 0 Å². The lowest BCUT2D eigenvalue weighted by atomic mass is 10.1. The molecule has 1 amide bonds. The Kier molecular flexibility index (Phi) is 3.67. The van der Waals surface area contributed by atoms with Gasteiger partial charge in [0.25, 0.3) is 0 Å². The zero-order valence-electron chi connectivity index (χ0n) is 10.5. The second kappa shape index (κ2) is 5.21. The SMILES string of the molecule is CCc1ccc(NC(C)C(=O)NC2CC2)cc1. The summed E-state index contributed by atoms with van der Waals surface area (Å²) in [5, 5.41) is 6.21. The maximum Gasteiger partial charge on any atom is 0.242 e. The fourth-order valence-corrected chi connectivity index (χ4v) is 1.71. The van der Waals surface area contributed by atoms with Gasteiger partial charge in [-0.3, -0.25) is 4.79 Å². The van der Waals surface area contributed by atoms with E-state index in [4.69, 9.17) is 0 Å². The molecule has 1 saturated carbocycles. The molecule has 2 N–H and O–H groups in total. The maximum atomic E-state index is 11.7. The molecule has 1 fully saturated rings. The Morgan fingerprint density at radius 1 is 1.35 bits per heavy atom. The average molecular weight is 232 g/mol. The number of anilines is 1. The van der Waals surface area contributed by atoms with Crippen LogP contribution in [0, 0.1) is 0 Å². The van der Waals surface area contributed by atoms with Gasteiger partial charge in [-0.25, -0.2) is 0 Å². The van der Waals surface area contributed by atoms with E-state index in [2.05, 4.69) is 29.7 Å². The molecule has 0 aromatic heterocycles. The Balaban J connectivity index is 1.87. The normalized spacial score (nSPS) is 16.4. The number of rotatable bonds is 5. The average Bonchev–Trinajstić information content (AvgIpc) is 3.14. The minimum absolute atomic E-state index is 0.0899. The van der Waals surface area contributed by atoms with E-state index in [-0.39, 0.29) is 11.9 Å². The summed E-state index contributed by atoms with van der Waals surface area (Å²) in [5.74, 6) is 0.0899. The van der Waals surface area contributed by atoms with Gasteiger partial charge in [0.1, 0.15) is 6.04 Å². The first-order valence-electron chi connectivity index (χ1n) is 6.35. The summed E-state index contributed by atoms with van der Waals surface area (Å²) in [7, 11) is 0. The molecule has 0 heterocycles. The summed E-state index contributed by atoms with van der Waals surface area (Å²) >= 11 is 0. The Bertz CT molecular complexity index is 382. The summed E-state index contributed by atoms with van der Waals surface area (Å²) in [6.07, 6.45) is 3.30. The van der Waals surface area contributed by atoms with Crippen molar-refractivity contribution in [1.29, 1.82) is 0 Å². The minimum Gasteiger partial charge on any atom is -0.374 e. The van der Waals surface area contributed by atoms with Crippen molar-refractivity contribution in [2.24, 2.45) is 0 Å². The molecule has 3 heteroatoms. The van der Waals surface area contributed by atoms with Crippen LogP contribution in [-0.2, 0) is 11.2 Å². The van der Waals surface area contributed by atoms with E-state index >= 15 is 0 Å². The summed E-state index contributed by atoms with van der Waals surface area (Å²) in [6, 6.07) is 8.48. The van der Waals surface area contributed by atoms with Crippen molar-refractivity contribution in [2.45, 2.75) is 45.2 Å². The molecule has 1 atom stereocenters. The fourth-order valence-electron chi connectivity index (χ4n) is 1.71. The van der Waals surface area contributed by atoms with Crippen LogP contribution in [0.2, 0.25) is 0 Å². The lowest BCUT2D eigenvalue weighted by molar-refractivity contribution is -0.121. The first-order valence-corrected chi connectivity index (χ1v) is 6.35. The van der Waals surface area contributed by atoms with E-state index in [9.17, 15) is 4.79 Å². The van der Waals surface area contributed by atoms with Gasteiger partial charge in [0.2, 0.25) is 5.91 Å². The van der Waals surface area contributed by atoms with Crippen LogP contribution < -0.4 is 10.6 Å². The highest BCUT2D eigenvalue weighted by atomic mass is 16.2. The molecule has 1 unspecified atom stereocenters. The van der Waals surface area contributed by atoms with Crippen molar-refractivity contribution in [3.63, 3.8) is 0 Å². The zero-order chi connectivity index (χ0) is 12.3. The second-order valence-electron chi connectivity index (χ2n) is 4.70. The number of carbonyl (C=O) groups is 1. The van der Waals surface area contributed by atoms with E-state index in [0.29, 0.717) is 6.04 Å². The van der Waals surface area contributed by atoms with Crippen molar-refractivity contribution in [2.75, 3.05) is 5.32 Å². The third kappa shape index (κ3) is 3.48. The van der Waals surface area contributed by atoms with Gasteiger partial charge in [-0.1, -0.05) is 19.1 Å². The smallest absolute Gasteiger partial charge is 0.242 e. The van der Waals surface area contributed by atoms with Gasteiger partial charge < -0.3 is 10.6 Å². The molecule has 0 spiro atoms. The monoisotopic (exact) mass is 232 g/mol. The molecule has 1 aliphatic carbocycles. The van der Waals surface area contributed by atoms with Crippen LogP contribution in [-0.4, -0.2) is 18.0 Å². The quantitative estimate of drug-likeness (QED) is 0.818. The number of hydrogen-bond donors (Lipinski definition) is 2. The molecular formula is C14H20N2O. The number of carbonyl (C=O) groups excluding carboxylic acids is 1. The molecule has 1 aliphatic rings. The third-order valence-corrected chi connectivity index (χ3v) is 3.06. The van der Waals surface area contributed by atoms with Crippen molar-refractivity contribution in [3.05, 3.63) is 29.8 Å². The predicted octanol–water partition coefficient (Wildman–Crippen LogP) is 2.33. The summed E-state index contributed by atoms with van der Waals surface area (Å²) in [4.78, 5) is 11.7. The predicted molar refractivity (Wildman–Crippen MR) is 70.1 cm³/mol. The van der Waals surface area contributed by atoms with Crippen molar-refractivity contribution < 1.29 is 4.79 Å². The molecule has 0 aliphatic heterocycles. The van der Waals surface area contributed by atoms with E-state index in [0.717, 1.165) is 24.9 Å². The van der Waals surface area contributed by atoms with Crippen molar-refractivity contribution in [1.82, 2.24) is 5.32 Å². The van der Waals surface area contributed by atoms with Crippen LogP contribution in [0.1, 0.15) is 32.3 Å². The van der Waals surface area contributed by atoms with Gasteiger partial charge in [0.05, 0.1) is 0 Å². The van der Waals surface area contributed by atoms with Crippen LogP contribution in [0.25, 0.3) is 0 Å². The molecule has 1 aromatic rings. The Morgan fingerprint density at radius 2 is 2.00 bits per heavy atom. The zero-order valence-corrected chi connectivity index (χ0v) is 10.5. The van der Waals surface area contributed by atoms with E-state index in [1.807, 2.05) is 19.1 Å². The molecule has 2 rings (SSSR count). The Hall–Kier alpha value is -1.51. The molecule has 0 saturated heterocycles. The van der Waals surface area contributed by atoms with E-state index in [1.54, 1.807) is 0 Å². The van der Waals surface area contributed by atoms with E-state index < -0.39 is 0 Å². The number of nitrogens with one attached hydrogen (secondary N) is 2. The molecule has 0 radical (unpaired) electrons. The molecule has 0 bridgehead atoms. The molecular weight excluding hydrogens is 212 g/mol. The van der Waals surface area contributed by atoms with Crippen LogP contribution in [0.3, 0.4) is 0 Å². The number of amides is 1. The molecule has 92 valence electrons. The van der Waals surface area contributed by atoms with Crippen LogP contribution in [0.15, 0.2) is 24.3 Å².